The maximum Gasteiger partial charge on any atom is 0.342 e. The van der Waals surface area contributed by atoms with E-state index in [0.717, 1.165) is 31.2 Å². The molecule has 5 rings (SSSR count). The fourth-order valence-electron chi connectivity index (χ4n) is 7.96. The molecule has 0 unspecified atom stereocenters. The van der Waals surface area contributed by atoms with Crippen molar-refractivity contribution in [3.63, 3.8) is 0 Å². The molecule has 2 saturated carbocycles. The molecule has 0 amide bonds. The van der Waals surface area contributed by atoms with Gasteiger partial charge in [0.2, 0.25) is 0 Å². The Labute approximate surface area is 202 Å². The molecule has 2 aliphatic carbocycles. The van der Waals surface area contributed by atoms with E-state index in [1.807, 2.05) is 0 Å². The lowest BCUT2D eigenvalue weighted by Crippen LogP contribution is -2.70. The van der Waals surface area contributed by atoms with Crippen molar-refractivity contribution in [2.45, 2.75) is 90.3 Å². The highest BCUT2D eigenvalue weighted by Gasteiger charge is 2.68. The van der Waals surface area contributed by atoms with E-state index in [2.05, 4.69) is 27.7 Å². The Morgan fingerprint density at radius 2 is 1.71 bits per heavy atom. The number of benzene rings is 1. The average Bonchev–Trinajstić information content (AvgIpc) is 3.16. The zero-order valence-corrected chi connectivity index (χ0v) is 21.5. The quantitative estimate of drug-likeness (QED) is 0.500. The van der Waals surface area contributed by atoms with E-state index in [0.29, 0.717) is 41.0 Å². The number of carbonyl (C=O) groups excluding carboxylic acids is 1. The first-order valence-corrected chi connectivity index (χ1v) is 12.4. The summed E-state index contributed by atoms with van der Waals surface area (Å²) in [6.45, 7) is 8.95. The number of rotatable bonds is 4. The van der Waals surface area contributed by atoms with Gasteiger partial charge in [0.25, 0.3) is 0 Å². The Morgan fingerprint density at radius 1 is 1.00 bits per heavy atom. The maximum absolute atomic E-state index is 12.8. The molecule has 1 N–H and O–H groups in total. The first kappa shape index (κ1) is 23.9. The molecule has 0 aromatic heterocycles. The van der Waals surface area contributed by atoms with Gasteiger partial charge in [0, 0.05) is 36.7 Å². The minimum absolute atomic E-state index is 0.0478. The summed E-state index contributed by atoms with van der Waals surface area (Å²) in [6, 6.07) is 0. The Morgan fingerprint density at radius 3 is 2.35 bits per heavy atom. The summed E-state index contributed by atoms with van der Waals surface area (Å²) >= 11 is 0. The smallest absolute Gasteiger partial charge is 0.342 e. The van der Waals surface area contributed by atoms with Crippen LogP contribution in [0.1, 0.15) is 93.1 Å². The number of hydrogen-bond acceptors (Lipinski definition) is 7. The maximum atomic E-state index is 12.8. The molecule has 1 aromatic carbocycles. The summed E-state index contributed by atoms with van der Waals surface area (Å²) in [6.07, 6.45) is 4.38. The SMILES string of the molecule is COc1c2c(c(C(OC)OC)c3c1C(=O)OC3)O[C@]1(C)CC[C@@]3(O)C(C)(C)CCC[C@]3(C)[C@H]1C2. The van der Waals surface area contributed by atoms with E-state index < -0.39 is 23.5 Å². The lowest BCUT2D eigenvalue weighted by Gasteiger charge is -2.67. The van der Waals surface area contributed by atoms with Crippen LogP contribution in [0.2, 0.25) is 0 Å². The van der Waals surface area contributed by atoms with Crippen molar-refractivity contribution >= 4 is 5.97 Å². The third-order valence-electron chi connectivity index (χ3n) is 9.86. The molecule has 4 atom stereocenters. The van der Waals surface area contributed by atoms with Crippen LogP contribution in [-0.4, -0.2) is 43.6 Å². The molecule has 0 saturated heterocycles. The minimum atomic E-state index is -0.795. The molecular weight excluding hydrogens is 436 g/mol. The number of methoxy groups -OCH3 is 3. The number of fused-ring (bicyclic) bond motifs is 5. The lowest BCUT2D eigenvalue weighted by molar-refractivity contribution is -0.263. The molecule has 1 aromatic rings. The molecule has 0 spiro atoms. The van der Waals surface area contributed by atoms with Gasteiger partial charge in [-0.2, -0.15) is 0 Å². The van der Waals surface area contributed by atoms with Crippen LogP contribution < -0.4 is 9.47 Å². The highest BCUT2D eigenvalue weighted by Crippen LogP contribution is 2.67. The molecule has 188 valence electrons. The van der Waals surface area contributed by atoms with Crippen molar-refractivity contribution in [2.75, 3.05) is 21.3 Å². The predicted molar refractivity (Wildman–Crippen MR) is 125 cm³/mol. The van der Waals surface area contributed by atoms with E-state index in [9.17, 15) is 9.90 Å². The molecule has 4 aliphatic rings. The van der Waals surface area contributed by atoms with Crippen molar-refractivity contribution in [1.82, 2.24) is 0 Å². The van der Waals surface area contributed by atoms with Crippen molar-refractivity contribution in [2.24, 2.45) is 16.7 Å². The van der Waals surface area contributed by atoms with Crippen LogP contribution in [0.4, 0.5) is 0 Å². The van der Waals surface area contributed by atoms with Gasteiger partial charge in [-0.15, -0.1) is 0 Å². The second kappa shape index (κ2) is 7.58. The van der Waals surface area contributed by atoms with Crippen LogP contribution >= 0.6 is 0 Å². The minimum Gasteiger partial charge on any atom is -0.495 e. The number of carbonyl (C=O) groups is 1. The van der Waals surface area contributed by atoms with Crippen LogP contribution in [0.3, 0.4) is 0 Å². The van der Waals surface area contributed by atoms with Gasteiger partial charge in [-0.1, -0.05) is 27.2 Å². The van der Waals surface area contributed by atoms with Gasteiger partial charge >= 0.3 is 5.97 Å². The van der Waals surface area contributed by atoms with Crippen molar-refractivity contribution < 1.29 is 33.6 Å². The highest BCUT2D eigenvalue weighted by molar-refractivity contribution is 5.98. The summed E-state index contributed by atoms with van der Waals surface area (Å²) in [5.41, 5.74) is 0.877. The third-order valence-corrected chi connectivity index (χ3v) is 9.86. The second-order valence-electron chi connectivity index (χ2n) is 11.7. The van der Waals surface area contributed by atoms with Gasteiger partial charge in [-0.25, -0.2) is 4.79 Å². The average molecular weight is 475 g/mol. The molecule has 7 nitrogen and oxygen atoms in total. The molecular formula is C27H38O7. The van der Waals surface area contributed by atoms with Crippen LogP contribution in [-0.2, 0) is 27.2 Å². The van der Waals surface area contributed by atoms with Gasteiger partial charge in [-0.3, -0.25) is 0 Å². The van der Waals surface area contributed by atoms with Gasteiger partial charge in [-0.05, 0) is 44.4 Å². The summed E-state index contributed by atoms with van der Waals surface area (Å²) in [4.78, 5) is 12.8. The van der Waals surface area contributed by atoms with Gasteiger partial charge in [0.15, 0.2) is 6.29 Å². The molecule has 0 radical (unpaired) electrons. The van der Waals surface area contributed by atoms with Crippen molar-refractivity contribution in [3.8, 4) is 11.5 Å². The summed E-state index contributed by atoms with van der Waals surface area (Å²) in [7, 11) is 4.74. The molecule has 2 fully saturated rings. The Bertz CT molecular complexity index is 1030. The number of esters is 1. The zero-order valence-electron chi connectivity index (χ0n) is 21.5. The number of ether oxygens (including phenoxy) is 5. The number of aliphatic hydroxyl groups is 1. The van der Waals surface area contributed by atoms with E-state index in [1.54, 1.807) is 21.3 Å². The van der Waals surface area contributed by atoms with Crippen molar-refractivity contribution in [1.29, 1.82) is 0 Å². The standard InChI is InChI=1S/C27H38O7/c1-24(2)9-8-10-25(3)17-13-15-20(30-5)18-16(14-33-22(18)28)19(23(31-6)32-7)21(15)34-26(17,4)11-12-27(24,25)29/h17,23,29H,8-14H2,1-7H3/t17-,25-,26-,27-/m1/s1. The van der Waals surface area contributed by atoms with Crippen LogP contribution in [0.25, 0.3) is 0 Å². The van der Waals surface area contributed by atoms with Gasteiger partial charge in [0.05, 0.1) is 18.3 Å². The van der Waals surface area contributed by atoms with E-state index in [4.69, 9.17) is 23.7 Å². The monoisotopic (exact) mass is 474 g/mol. The molecule has 0 bridgehead atoms. The third kappa shape index (κ3) is 2.83. The first-order chi connectivity index (χ1) is 16.0. The van der Waals surface area contributed by atoms with E-state index in [-0.39, 0.29) is 23.4 Å². The predicted octanol–water partition coefficient (Wildman–Crippen LogP) is 4.71. The molecule has 2 aliphatic heterocycles. The summed E-state index contributed by atoms with van der Waals surface area (Å²) < 4.78 is 29.5. The van der Waals surface area contributed by atoms with Gasteiger partial charge < -0.3 is 28.8 Å². The highest BCUT2D eigenvalue weighted by atomic mass is 16.7. The van der Waals surface area contributed by atoms with Crippen LogP contribution in [0.5, 0.6) is 11.5 Å². The fraction of sp³-hybridized carbons (Fsp3) is 0.741. The Balaban J connectivity index is 1.74. The number of hydrogen-bond donors (Lipinski definition) is 1. The Kier molecular flexibility index (Phi) is 5.33. The second-order valence-corrected chi connectivity index (χ2v) is 11.7. The zero-order chi connectivity index (χ0) is 24.7. The summed E-state index contributed by atoms with van der Waals surface area (Å²) in [5.74, 6) is 0.828. The fourth-order valence-corrected chi connectivity index (χ4v) is 7.96. The molecule has 2 heterocycles. The molecule has 34 heavy (non-hydrogen) atoms. The number of cyclic esters (lactones) is 1. The van der Waals surface area contributed by atoms with Gasteiger partial charge in [0.1, 0.15) is 29.3 Å². The van der Waals surface area contributed by atoms with E-state index in [1.165, 1.54) is 0 Å². The lowest BCUT2D eigenvalue weighted by atomic mass is 9.42. The van der Waals surface area contributed by atoms with Crippen molar-refractivity contribution in [3.05, 3.63) is 22.3 Å². The first-order valence-electron chi connectivity index (χ1n) is 12.4. The largest absolute Gasteiger partial charge is 0.495 e. The molecule has 7 heteroatoms. The topological polar surface area (TPSA) is 83.5 Å². The Hall–Kier alpha value is -1.83. The normalized spacial score (nSPS) is 35.6. The van der Waals surface area contributed by atoms with Crippen LogP contribution in [0.15, 0.2) is 0 Å². The summed E-state index contributed by atoms with van der Waals surface area (Å²) in [5, 5.41) is 12.2. The van der Waals surface area contributed by atoms with E-state index >= 15 is 0 Å². The van der Waals surface area contributed by atoms with Crippen LogP contribution in [0, 0.1) is 16.7 Å².